The standard InChI is InChI=1S/C35H49ClFN5O6/c1-38-33(44)11-17-47-19-20-48-18-16-41(2)13-6-12-39-34(45)35(46)40-24-28-9-8-27(23-29(28)25-42-14-4-3-5-15-42)32(43)22-26-7-10-30(36)31(37)21-26/h7-10,21,23H,3-6,11-20,22,24-25H2,1-2H3,(H,38,44)(H,39,45)(H,40,46). The van der Waals surface area contributed by atoms with Gasteiger partial charge in [-0.3, -0.25) is 24.1 Å². The summed E-state index contributed by atoms with van der Waals surface area (Å²) in [5.41, 5.74) is 2.78. The van der Waals surface area contributed by atoms with Crippen molar-refractivity contribution in [2.24, 2.45) is 0 Å². The van der Waals surface area contributed by atoms with E-state index in [-0.39, 0.29) is 29.7 Å². The average Bonchev–Trinajstić information content (AvgIpc) is 3.08. The van der Waals surface area contributed by atoms with E-state index in [2.05, 4.69) is 25.8 Å². The van der Waals surface area contributed by atoms with Crippen molar-refractivity contribution in [3.63, 3.8) is 0 Å². The number of halogens is 2. The van der Waals surface area contributed by atoms with Gasteiger partial charge in [-0.2, -0.15) is 0 Å². The summed E-state index contributed by atoms with van der Waals surface area (Å²) in [6.07, 6.45) is 4.43. The monoisotopic (exact) mass is 689 g/mol. The summed E-state index contributed by atoms with van der Waals surface area (Å²) in [5.74, 6) is -2.19. The van der Waals surface area contributed by atoms with Gasteiger partial charge in [0.2, 0.25) is 5.91 Å². The molecular formula is C35H49ClFN5O6. The van der Waals surface area contributed by atoms with Crippen LogP contribution in [0.1, 0.15) is 59.2 Å². The SMILES string of the molecule is CNC(=O)CCOCCOCCN(C)CCCNC(=O)C(=O)NCc1ccc(C(=O)Cc2ccc(Cl)c(F)c2)cc1CN1CCCCC1. The van der Waals surface area contributed by atoms with Gasteiger partial charge in [-0.15, -0.1) is 0 Å². The predicted octanol–water partition coefficient (Wildman–Crippen LogP) is 3.11. The molecule has 3 rings (SSSR count). The number of piperidine rings is 1. The fourth-order valence-electron chi connectivity index (χ4n) is 5.25. The maximum atomic E-state index is 13.9. The van der Waals surface area contributed by atoms with Gasteiger partial charge >= 0.3 is 11.8 Å². The number of benzene rings is 2. The minimum atomic E-state index is -0.719. The molecule has 3 amide bonds. The second kappa shape index (κ2) is 21.5. The van der Waals surface area contributed by atoms with E-state index >= 15 is 0 Å². The zero-order chi connectivity index (χ0) is 34.7. The van der Waals surface area contributed by atoms with Crippen LogP contribution in [0.4, 0.5) is 4.39 Å². The molecule has 1 aliphatic rings. The van der Waals surface area contributed by atoms with E-state index in [0.717, 1.165) is 37.1 Å². The Hall–Kier alpha value is -3.42. The number of ether oxygens (including phenoxy) is 2. The number of ketones is 1. The molecule has 3 N–H and O–H groups in total. The van der Waals surface area contributed by atoms with Crippen molar-refractivity contribution in [3.05, 3.63) is 69.5 Å². The number of nitrogens with zero attached hydrogens (tertiary/aromatic N) is 2. The van der Waals surface area contributed by atoms with Gasteiger partial charge in [0, 0.05) is 51.6 Å². The van der Waals surface area contributed by atoms with Gasteiger partial charge < -0.3 is 30.3 Å². The number of carbonyl (C=O) groups is 4. The quantitative estimate of drug-likeness (QED) is 0.110. The minimum Gasteiger partial charge on any atom is -0.379 e. The molecule has 0 saturated carbocycles. The highest BCUT2D eigenvalue weighted by Gasteiger charge is 2.18. The molecule has 48 heavy (non-hydrogen) atoms. The molecule has 2 aromatic rings. The topological polar surface area (TPSA) is 129 Å². The number of likely N-dealkylation sites (N-methyl/N-ethyl adjacent to an activating group) is 1. The predicted molar refractivity (Wildman–Crippen MR) is 182 cm³/mol. The Kier molecular flexibility index (Phi) is 17.5. The number of carbonyl (C=O) groups excluding carboxylic acids is 4. The van der Waals surface area contributed by atoms with Gasteiger partial charge in [-0.25, -0.2) is 4.39 Å². The fourth-order valence-corrected chi connectivity index (χ4v) is 5.36. The Balaban J connectivity index is 1.41. The van der Waals surface area contributed by atoms with Crippen LogP contribution in [-0.2, 0) is 43.4 Å². The Morgan fingerprint density at radius 3 is 2.35 bits per heavy atom. The van der Waals surface area contributed by atoms with Gasteiger partial charge in [0.15, 0.2) is 5.78 Å². The Labute approximate surface area is 287 Å². The zero-order valence-electron chi connectivity index (χ0n) is 28.1. The molecule has 0 aliphatic carbocycles. The Bertz CT molecular complexity index is 1360. The molecule has 0 bridgehead atoms. The summed E-state index contributed by atoms with van der Waals surface area (Å²) < 4.78 is 24.8. The molecule has 1 fully saturated rings. The van der Waals surface area contributed by atoms with E-state index in [0.29, 0.717) is 76.6 Å². The average molecular weight is 690 g/mol. The molecule has 1 saturated heterocycles. The first-order chi connectivity index (χ1) is 23.2. The normalized spacial score (nSPS) is 13.4. The lowest BCUT2D eigenvalue weighted by Crippen LogP contribution is -2.40. The van der Waals surface area contributed by atoms with Crippen molar-refractivity contribution in [2.45, 2.75) is 51.6 Å². The number of hydrogen-bond donors (Lipinski definition) is 3. The van der Waals surface area contributed by atoms with Crippen molar-refractivity contribution in [1.82, 2.24) is 25.8 Å². The van der Waals surface area contributed by atoms with Crippen molar-refractivity contribution in [2.75, 3.05) is 73.2 Å². The minimum absolute atomic E-state index is 0.0102. The van der Waals surface area contributed by atoms with Crippen molar-refractivity contribution in [1.29, 1.82) is 0 Å². The first kappa shape index (κ1) is 39.0. The van der Waals surface area contributed by atoms with Gasteiger partial charge in [-0.1, -0.05) is 36.2 Å². The van der Waals surface area contributed by atoms with E-state index < -0.39 is 17.6 Å². The molecule has 0 radical (unpaired) electrons. The van der Waals surface area contributed by atoms with E-state index in [1.54, 1.807) is 19.2 Å². The van der Waals surface area contributed by atoms with E-state index in [4.69, 9.17) is 21.1 Å². The molecular weight excluding hydrogens is 641 g/mol. The molecule has 0 aromatic heterocycles. The first-order valence-corrected chi connectivity index (χ1v) is 17.0. The molecule has 13 heteroatoms. The maximum absolute atomic E-state index is 13.9. The van der Waals surface area contributed by atoms with E-state index in [1.807, 2.05) is 19.2 Å². The van der Waals surface area contributed by atoms with Crippen molar-refractivity contribution in [3.8, 4) is 0 Å². The van der Waals surface area contributed by atoms with Crippen LogP contribution in [0.15, 0.2) is 36.4 Å². The van der Waals surface area contributed by atoms with Crippen LogP contribution < -0.4 is 16.0 Å². The first-order valence-electron chi connectivity index (χ1n) is 16.6. The van der Waals surface area contributed by atoms with Crippen LogP contribution in [0.25, 0.3) is 0 Å². The molecule has 1 heterocycles. The number of nitrogens with one attached hydrogen (secondary N) is 3. The highest BCUT2D eigenvalue weighted by Crippen LogP contribution is 2.21. The van der Waals surface area contributed by atoms with Crippen LogP contribution in [0, 0.1) is 5.82 Å². The van der Waals surface area contributed by atoms with Crippen LogP contribution in [0.2, 0.25) is 5.02 Å². The summed E-state index contributed by atoms with van der Waals surface area (Å²) in [7, 11) is 3.54. The highest BCUT2D eigenvalue weighted by atomic mass is 35.5. The fraction of sp³-hybridized carbons (Fsp3) is 0.543. The molecule has 1 aliphatic heterocycles. The number of hydrogen-bond acceptors (Lipinski definition) is 8. The number of amides is 3. The summed E-state index contributed by atoms with van der Waals surface area (Å²) in [4.78, 5) is 53.7. The largest absolute Gasteiger partial charge is 0.379 e. The van der Waals surface area contributed by atoms with Crippen molar-refractivity contribution >= 4 is 35.1 Å². The van der Waals surface area contributed by atoms with Gasteiger partial charge in [0.25, 0.3) is 0 Å². The van der Waals surface area contributed by atoms with E-state index in [1.165, 1.54) is 18.6 Å². The smallest absolute Gasteiger partial charge is 0.309 e. The van der Waals surface area contributed by atoms with Crippen LogP contribution in [-0.4, -0.2) is 107 Å². The number of likely N-dealkylation sites (tertiary alicyclic amines) is 1. The molecule has 0 atom stereocenters. The highest BCUT2D eigenvalue weighted by molar-refractivity contribution is 6.35. The molecule has 264 valence electrons. The lowest BCUT2D eigenvalue weighted by atomic mass is 9.97. The lowest BCUT2D eigenvalue weighted by molar-refractivity contribution is -0.139. The molecule has 11 nitrogen and oxygen atoms in total. The maximum Gasteiger partial charge on any atom is 0.309 e. The van der Waals surface area contributed by atoms with Crippen molar-refractivity contribution < 1.29 is 33.0 Å². The van der Waals surface area contributed by atoms with Crippen LogP contribution >= 0.6 is 11.6 Å². The Morgan fingerprint density at radius 1 is 0.896 bits per heavy atom. The van der Waals surface area contributed by atoms with Gasteiger partial charge in [0.05, 0.1) is 31.5 Å². The third kappa shape index (κ3) is 14.4. The number of Topliss-reactive ketones (excluding diaryl/α,β-unsaturated/α-hetero) is 1. The zero-order valence-corrected chi connectivity index (χ0v) is 28.8. The van der Waals surface area contributed by atoms with Gasteiger partial charge in [0.1, 0.15) is 5.82 Å². The summed E-state index contributed by atoms with van der Waals surface area (Å²) >= 11 is 5.79. The Morgan fingerprint density at radius 2 is 1.62 bits per heavy atom. The van der Waals surface area contributed by atoms with E-state index in [9.17, 15) is 23.6 Å². The molecule has 0 spiro atoms. The van der Waals surface area contributed by atoms with Gasteiger partial charge in [-0.05, 0) is 80.8 Å². The summed E-state index contributed by atoms with van der Waals surface area (Å²) in [6.45, 7) is 6.21. The second-order valence-corrected chi connectivity index (χ2v) is 12.3. The molecule has 2 aromatic carbocycles. The van der Waals surface area contributed by atoms with Crippen LogP contribution in [0.5, 0.6) is 0 Å². The third-order valence-electron chi connectivity index (χ3n) is 8.11. The number of rotatable bonds is 20. The summed E-state index contributed by atoms with van der Waals surface area (Å²) in [5, 5.41) is 7.95. The third-order valence-corrected chi connectivity index (χ3v) is 8.42. The lowest BCUT2D eigenvalue weighted by Gasteiger charge is -2.27. The van der Waals surface area contributed by atoms with Crippen LogP contribution in [0.3, 0.4) is 0 Å². The second-order valence-electron chi connectivity index (χ2n) is 11.9. The molecule has 0 unspecified atom stereocenters. The summed E-state index contributed by atoms with van der Waals surface area (Å²) in [6, 6.07) is 9.72.